The summed E-state index contributed by atoms with van der Waals surface area (Å²) in [6.07, 6.45) is -0.799. The lowest BCUT2D eigenvalue weighted by Gasteiger charge is -2.59. The van der Waals surface area contributed by atoms with Crippen molar-refractivity contribution in [2.24, 2.45) is 10.8 Å². The van der Waals surface area contributed by atoms with Crippen LogP contribution in [0.25, 0.3) is 21.5 Å². The molecule has 0 aliphatic carbocycles. The van der Waals surface area contributed by atoms with E-state index in [1.807, 2.05) is 6.07 Å². The third-order valence-corrected chi connectivity index (χ3v) is 17.5. The van der Waals surface area contributed by atoms with Gasteiger partial charge in [-0.25, -0.2) is 29.9 Å². The maximum Gasteiger partial charge on any atom is 0.317 e. The van der Waals surface area contributed by atoms with E-state index in [9.17, 15) is 44.8 Å². The lowest BCUT2D eigenvalue weighted by Crippen LogP contribution is -2.73. The number of carbonyl (C=O) groups excluding carboxylic acids is 4. The van der Waals surface area contributed by atoms with Gasteiger partial charge in [-0.05, 0) is 99.6 Å². The predicted octanol–water partition coefficient (Wildman–Crippen LogP) is 6.18. The zero-order valence-electron chi connectivity index (χ0n) is 37.2. The number of hydrogen-bond acceptors (Lipinski definition) is 9. The fourth-order valence-corrected chi connectivity index (χ4v) is 13.8. The van der Waals surface area contributed by atoms with Crippen LogP contribution in [-0.4, -0.2) is 111 Å². The zero-order valence-corrected chi connectivity index (χ0v) is 38.8. The first-order chi connectivity index (χ1) is 32.3. The fourth-order valence-electron chi connectivity index (χ4n) is 10.4. The fraction of sp³-hybridized carbons (Fsp3) is 0.294. The molecular weight excluding hydrogens is 915 g/mol. The first kappa shape index (κ1) is 45.4. The lowest BCUT2D eigenvalue weighted by molar-refractivity contribution is -0.158. The van der Waals surface area contributed by atoms with Gasteiger partial charge in [0, 0.05) is 63.2 Å². The Labute approximate surface area is 392 Å². The molecule has 350 valence electrons. The second kappa shape index (κ2) is 16.7. The summed E-state index contributed by atoms with van der Waals surface area (Å²) in [5, 5.41) is 1.67. The predicted molar refractivity (Wildman–Crippen MR) is 248 cm³/mol. The quantitative estimate of drug-likeness (QED) is 0.109. The van der Waals surface area contributed by atoms with Gasteiger partial charge >= 0.3 is 11.9 Å². The van der Waals surface area contributed by atoms with Crippen molar-refractivity contribution in [3.05, 3.63) is 160 Å². The Kier molecular flexibility index (Phi) is 11.1. The van der Waals surface area contributed by atoms with Crippen molar-refractivity contribution < 1.29 is 49.5 Å². The van der Waals surface area contributed by atoms with E-state index in [4.69, 9.17) is 4.74 Å². The van der Waals surface area contributed by atoms with Crippen LogP contribution in [-0.2, 0) is 53.0 Å². The van der Waals surface area contributed by atoms with Crippen LogP contribution >= 0.6 is 0 Å². The second-order valence-electron chi connectivity index (χ2n) is 18.9. The molecule has 0 unspecified atom stereocenters. The van der Waals surface area contributed by atoms with Gasteiger partial charge in [0.05, 0.1) is 34.6 Å². The highest BCUT2D eigenvalue weighted by Gasteiger charge is 2.57. The number of esters is 2. The van der Waals surface area contributed by atoms with Crippen molar-refractivity contribution in [1.29, 1.82) is 0 Å². The van der Waals surface area contributed by atoms with Crippen molar-refractivity contribution in [2.75, 3.05) is 52.4 Å². The van der Waals surface area contributed by atoms with Crippen LogP contribution in [0.1, 0.15) is 48.5 Å². The number of rotatable bonds is 11. The van der Waals surface area contributed by atoms with Crippen LogP contribution in [0.2, 0.25) is 0 Å². The average molecular weight is 961 g/mol. The van der Waals surface area contributed by atoms with Gasteiger partial charge in [0.1, 0.15) is 11.6 Å². The molecule has 4 aliphatic rings. The first-order valence-corrected chi connectivity index (χ1v) is 25.2. The highest BCUT2D eigenvalue weighted by Crippen LogP contribution is 2.45. The molecule has 10 rings (SSSR count). The van der Waals surface area contributed by atoms with Crippen LogP contribution in [0.5, 0.6) is 0 Å². The topological polar surface area (TPSA) is 159 Å². The van der Waals surface area contributed by atoms with Crippen molar-refractivity contribution in [3.63, 3.8) is 0 Å². The van der Waals surface area contributed by atoms with Crippen molar-refractivity contribution >= 4 is 65.3 Å². The standard InChI is InChI=1S/C51H46F2N4O9S2/c1-32-37(17-35-13-15-39(52)21-42(35)46(32)48(60)54-24-50(25-54)28-56(29-50)67(62,63)23-34-9-5-3-6-10-34)19-44(58)66-45(59)20-38-18-36-14-16-40(53)22-43(36)47(33(38)2)49(61)55-26-51(27-55)30-57(31-51)68(64,65)41-11-7-4-8-12-41/h3-18,21-22H,19-20,23-31H2,1-2H3. The van der Waals surface area contributed by atoms with Crippen LogP contribution in [0.4, 0.5) is 8.78 Å². The monoisotopic (exact) mass is 960 g/mol. The summed E-state index contributed by atoms with van der Waals surface area (Å²) >= 11 is 0. The molecule has 0 aromatic heterocycles. The summed E-state index contributed by atoms with van der Waals surface area (Å²) in [6.45, 7) is 5.53. The van der Waals surface area contributed by atoms with E-state index in [1.165, 1.54) is 57.1 Å². The Morgan fingerprint density at radius 3 is 1.44 bits per heavy atom. The van der Waals surface area contributed by atoms with Gasteiger partial charge in [-0.15, -0.1) is 0 Å². The summed E-state index contributed by atoms with van der Waals surface area (Å²) in [6, 6.07) is 28.4. The van der Waals surface area contributed by atoms with Crippen LogP contribution in [0.15, 0.2) is 114 Å². The Balaban J connectivity index is 0.811. The lowest BCUT2D eigenvalue weighted by atomic mass is 9.74. The van der Waals surface area contributed by atoms with Gasteiger partial charge < -0.3 is 14.5 Å². The number of carbonyl (C=O) groups is 4. The number of benzene rings is 6. The Morgan fingerprint density at radius 1 is 0.559 bits per heavy atom. The van der Waals surface area contributed by atoms with Crippen molar-refractivity contribution in [1.82, 2.24) is 18.4 Å². The number of halogens is 2. The van der Waals surface area contributed by atoms with Gasteiger partial charge in [-0.3, -0.25) is 19.2 Å². The van der Waals surface area contributed by atoms with Gasteiger partial charge in [0.15, 0.2) is 0 Å². The minimum absolute atomic E-state index is 0.119. The summed E-state index contributed by atoms with van der Waals surface area (Å²) in [7, 11) is -7.24. The van der Waals surface area contributed by atoms with Crippen LogP contribution in [0.3, 0.4) is 0 Å². The molecule has 13 nitrogen and oxygen atoms in total. The molecule has 2 amide bonds. The number of sulfonamides is 2. The number of ether oxygens (including phenoxy) is 1. The van der Waals surface area contributed by atoms with Gasteiger partial charge in [0.25, 0.3) is 11.8 Å². The second-order valence-corrected chi connectivity index (χ2v) is 22.8. The molecule has 0 bridgehead atoms. The maximum absolute atomic E-state index is 14.7. The normalized spacial score (nSPS) is 17.6. The van der Waals surface area contributed by atoms with E-state index in [-0.39, 0.29) is 48.0 Å². The van der Waals surface area contributed by atoms with Crippen molar-refractivity contribution in [2.45, 2.75) is 37.3 Å². The third-order valence-electron chi connectivity index (χ3n) is 14.0. The van der Waals surface area contributed by atoms with E-state index >= 15 is 0 Å². The Bertz CT molecular complexity index is 3330. The molecule has 2 spiro atoms. The molecule has 0 saturated carbocycles. The Hall–Kier alpha value is -6.40. The summed E-state index contributed by atoms with van der Waals surface area (Å²) in [5.74, 6) is -3.84. The number of likely N-dealkylation sites (tertiary alicyclic amines) is 2. The molecule has 4 saturated heterocycles. The SMILES string of the molecule is Cc1c(CC(=O)OC(=O)Cc2cc3ccc(F)cc3c(C(=O)N3CC4(C3)CN(S(=O)(=O)c3ccccc3)C4)c2C)cc2ccc(F)cc2c1C(=O)N1CC2(C1)CN(S(=O)(=O)Cc1ccccc1)C2. The number of nitrogens with zero attached hydrogens (tertiary/aromatic N) is 4. The zero-order chi connectivity index (χ0) is 47.9. The molecule has 0 atom stereocenters. The smallest absolute Gasteiger partial charge is 0.317 e. The maximum atomic E-state index is 14.7. The summed E-state index contributed by atoms with van der Waals surface area (Å²) < 4.78 is 90.0. The van der Waals surface area contributed by atoms with Crippen molar-refractivity contribution in [3.8, 4) is 0 Å². The molecule has 68 heavy (non-hydrogen) atoms. The van der Waals surface area contributed by atoms with E-state index in [0.717, 1.165) is 0 Å². The van der Waals surface area contributed by atoms with E-state index < -0.39 is 79.1 Å². The number of fused-ring (bicyclic) bond motifs is 2. The van der Waals surface area contributed by atoms with E-state index in [0.29, 0.717) is 75.5 Å². The Morgan fingerprint density at radius 2 is 0.985 bits per heavy atom. The highest BCUT2D eigenvalue weighted by molar-refractivity contribution is 7.89. The molecule has 17 heteroatoms. The number of hydrogen-bond donors (Lipinski definition) is 0. The van der Waals surface area contributed by atoms with Crippen LogP contribution in [0, 0.1) is 36.3 Å². The third kappa shape index (κ3) is 8.14. The van der Waals surface area contributed by atoms with Gasteiger partial charge in [-0.1, -0.05) is 72.8 Å². The molecule has 0 radical (unpaired) electrons. The van der Waals surface area contributed by atoms with E-state index in [1.54, 1.807) is 78.2 Å². The molecular formula is C51H46F2N4O9S2. The molecule has 6 aromatic rings. The molecule has 6 aromatic carbocycles. The molecule has 4 aliphatic heterocycles. The molecule has 4 heterocycles. The number of amides is 2. The minimum atomic E-state index is -3.68. The van der Waals surface area contributed by atoms with Gasteiger partial charge in [0.2, 0.25) is 20.0 Å². The largest absolute Gasteiger partial charge is 0.393 e. The summed E-state index contributed by atoms with van der Waals surface area (Å²) in [5.41, 5.74) is 1.84. The summed E-state index contributed by atoms with van der Waals surface area (Å²) in [4.78, 5) is 58.8. The average Bonchev–Trinajstić information content (AvgIpc) is 3.22. The molecule has 0 N–H and O–H groups in total. The van der Waals surface area contributed by atoms with Crippen LogP contribution < -0.4 is 0 Å². The first-order valence-electron chi connectivity index (χ1n) is 22.2. The minimum Gasteiger partial charge on any atom is -0.393 e. The molecule has 4 fully saturated rings. The van der Waals surface area contributed by atoms with E-state index in [2.05, 4.69) is 0 Å². The van der Waals surface area contributed by atoms with Gasteiger partial charge in [-0.2, -0.15) is 4.31 Å². The highest BCUT2D eigenvalue weighted by atomic mass is 32.2.